The van der Waals surface area contributed by atoms with E-state index in [4.69, 9.17) is 41.7 Å². The molecule has 0 aromatic rings. The van der Waals surface area contributed by atoms with Crippen LogP contribution in [0, 0.1) is 0 Å². The van der Waals surface area contributed by atoms with Crippen molar-refractivity contribution in [2.75, 3.05) is 26.4 Å². The molecule has 0 aliphatic carbocycles. The smallest absolute Gasteiger partial charge is 0.273 e. The van der Waals surface area contributed by atoms with Crippen LogP contribution in [-0.2, 0) is 41.7 Å². The van der Waals surface area contributed by atoms with Gasteiger partial charge in [-0.1, -0.05) is 0 Å². The molecule has 8 heteroatoms. The molecule has 4 nitrogen and oxygen atoms in total. The molecule has 0 aliphatic rings. The Morgan fingerprint density at radius 3 is 0.938 bits per heavy atom. The summed E-state index contributed by atoms with van der Waals surface area (Å²) in [6.45, 7) is 9.25. The molecule has 0 aromatic heterocycles. The lowest BCUT2D eigenvalue weighted by Gasteiger charge is -2.31. The van der Waals surface area contributed by atoms with Gasteiger partial charge in [-0.15, -0.1) is 0 Å². The highest BCUT2D eigenvalue weighted by atomic mass is 32.8. The van der Waals surface area contributed by atoms with Gasteiger partial charge >= 0.3 is 0 Å². The lowest BCUT2D eigenvalue weighted by atomic mass is 10.9. The highest BCUT2D eigenvalue weighted by molar-refractivity contribution is 8.60. The minimum Gasteiger partial charge on any atom is -0.323 e. The Hall–Kier alpha value is 1.14. The second kappa shape index (κ2) is 8.28. The van der Waals surface area contributed by atoms with Crippen LogP contribution >= 0.6 is 12.4 Å². The summed E-state index contributed by atoms with van der Waals surface area (Å²) in [4.78, 5) is 0. The van der Waals surface area contributed by atoms with E-state index in [1.165, 1.54) is 0 Å². The van der Waals surface area contributed by atoms with E-state index < -0.39 is 12.4 Å². The number of rotatable bonds is 9. The van der Waals surface area contributed by atoms with Crippen LogP contribution in [0.15, 0.2) is 0 Å². The van der Waals surface area contributed by atoms with Gasteiger partial charge in [-0.2, -0.15) is 0 Å². The normalized spacial score (nSPS) is 13.0. The zero-order valence-corrected chi connectivity index (χ0v) is 13.6. The molecule has 0 unspecified atom stereocenters. The van der Waals surface area contributed by atoms with E-state index >= 15 is 0 Å². The molecule has 0 saturated heterocycles. The zero-order chi connectivity index (χ0) is 12.7. The first kappa shape index (κ1) is 17.1. The Bertz CT molecular complexity index is 237. The minimum atomic E-state index is -2.66. The fraction of sp³-hybridized carbons (Fsp3) is 1.00. The van der Waals surface area contributed by atoms with E-state index in [-0.39, 0.29) is 0 Å². The molecule has 0 atom stereocenters. The van der Waals surface area contributed by atoms with Gasteiger partial charge < -0.3 is 18.1 Å². The quantitative estimate of drug-likeness (QED) is 0.605. The van der Waals surface area contributed by atoms with Gasteiger partial charge in [0.25, 0.3) is 12.4 Å². The summed E-state index contributed by atoms with van der Waals surface area (Å²) in [7, 11) is 0. The second-order valence-corrected chi connectivity index (χ2v) is 13.2. The van der Waals surface area contributed by atoms with E-state index in [0.717, 1.165) is 0 Å². The summed E-state index contributed by atoms with van der Waals surface area (Å²) in [6.07, 6.45) is -5.32. The van der Waals surface area contributed by atoms with E-state index in [1.54, 1.807) is 0 Å². The van der Waals surface area contributed by atoms with Crippen LogP contribution < -0.4 is 0 Å². The van der Waals surface area contributed by atoms with Gasteiger partial charge in [0.15, 0.2) is 0 Å². The summed E-state index contributed by atoms with van der Waals surface area (Å²) >= 11 is 10.9. The van der Waals surface area contributed by atoms with Crippen LogP contribution in [0.1, 0.15) is 27.7 Å². The predicted molar refractivity (Wildman–Crippen MR) is 75.1 cm³/mol. The summed E-state index contributed by atoms with van der Waals surface area (Å²) in [5, 5.41) is 0. The maximum atomic E-state index is 5.54. The molecule has 0 rings (SSSR count). The molecule has 0 amide bonds. The monoisotopic (exact) mass is 306 g/mol. The lowest BCUT2D eigenvalue weighted by molar-refractivity contribution is 0.245. The van der Waals surface area contributed by atoms with Gasteiger partial charge in [0.1, 0.15) is 0 Å². The number of hydrogen-bond acceptors (Lipinski definition) is 6. The fourth-order valence-electron chi connectivity index (χ4n) is 1.01. The molecule has 0 bridgehead atoms. The van der Waals surface area contributed by atoms with Gasteiger partial charge in [0.2, 0.25) is 0 Å². The third kappa shape index (κ3) is 4.43. The molecule has 0 radical (unpaired) electrons. The molecular weight excluding hydrogens is 286 g/mol. The maximum absolute atomic E-state index is 5.54. The largest absolute Gasteiger partial charge is 0.323 e. The Labute approximate surface area is 108 Å². The molecule has 0 spiro atoms. The van der Waals surface area contributed by atoms with Crippen molar-refractivity contribution in [2.45, 2.75) is 27.7 Å². The van der Waals surface area contributed by atoms with Crippen LogP contribution in [0.2, 0.25) is 0 Å². The molecule has 0 N–H and O–H groups in total. The highest BCUT2D eigenvalue weighted by Crippen LogP contribution is 2.84. The van der Waals surface area contributed by atoms with Crippen LogP contribution in [0.5, 0.6) is 0 Å². The molecule has 0 fully saturated rings. The molecule has 0 aliphatic heterocycles. The van der Waals surface area contributed by atoms with Crippen molar-refractivity contribution in [3.8, 4) is 0 Å². The van der Waals surface area contributed by atoms with Gasteiger partial charge in [-0.3, -0.25) is 0 Å². The Kier molecular flexibility index (Phi) is 8.87. The van der Waals surface area contributed by atoms with Crippen molar-refractivity contribution in [3.05, 3.63) is 0 Å². The van der Waals surface area contributed by atoms with Crippen LogP contribution in [0.3, 0.4) is 0 Å². The van der Waals surface area contributed by atoms with Gasteiger partial charge in [0, 0.05) is 0 Å². The average Bonchev–Trinajstić information content (AvgIpc) is 2.19. The average molecular weight is 306 g/mol. The lowest BCUT2D eigenvalue weighted by Crippen LogP contribution is -2.02. The number of hydrogen-bond donors (Lipinski definition) is 0. The predicted octanol–water partition coefficient (Wildman–Crippen LogP) is 3.67. The molecular formula is C8H20O4P2S2. The second-order valence-electron chi connectivity index (χ2n) is 2.61. The van der Waals surface area contributed by atoms with Crippen molar-refractivity contribution in [3.63, 3.8) is 0 Å². The van der Waals surface area contributed by atoms with E-state index in [9.17, 15) is 0 Å². The highest BCUT2D eigenvalue weighted by Gasteiger charge is 2.40. The van der Waals surface area contributed by atoms with Crippen LogP contribution in [0.25, 0.3) is 0 Å². The summed E-state index contributed by atoms with van der Waals surface area (Å²) in [6, 6.07) is 0. The van der Waals surface area contributed by atoms with Crippen molar-refractivity contribution in [2.24, 2.45) is 0 Å². The van der Waals surface area contributed by atoms with Gasteiger partial charge in [0.05, 0.1) is 26.4 Å². The van der Waals surface area contributed by atoms with E-state index in [1.807, 2.05) is 27.7 Å². The van der Waals surface area contributed by atoms with Gasteiger partial charge in [-0.05, 0) is 51.3 Å². The molecule has 16 heavy (non-hydrogen) atoms. The van der Waals surface area contributed by atoms with Gasteiger partial charge in [-0.25, -0.2) is 0 Å². The summed E-state index contributed by atoms with van der Waals surface area (Å²) in [5.74, 6) is 0. The van der Waals surface area contributed by atoms with E-state index in [2.05, 4.69) is 0 Å². The standard InChI is InChI=1S/C8H20O4P2S2/c1-5-9-13(15,10-6-2)14(16,11-7-3)12-8-4/h5-8H2,1-4H3. The van der Waals surface area contributed by atoms with Crippen molar-refractivity contribution in [1.82, 2.24) is 0 Å². The maximum Gasteiger partial charge on any atom is 0.273 e. The zero-order valence-electron chi connectivity index (χ0n) is 10.2. The van der Waals surface area contributed by atoms with E-state index in [0.29, 0.717) is 26.4 Å². The third-order valence-electron chi connectivity index (χ3n) is 1.47. The van der Waals surface area contributed by atoms with Crippen LogP contribution in [0.4, 0.5) is 0 Å². The summed E-state index contributed by atoms with van der Waals surface area (Å²) in [5.41, 5.74) is 0. The molecule has 0 saturated carbocycles. The topological polar surface area (TPSA) is 36.9 Å². The summed E-state index contributed by atoms with van der Waals surface area (Å²) < 4.78 is 22.2. The van der Waals surface area contributed by atoms with Crippen molar-refractivity contribution in [1.29, 1.82) is 0 Å². The SMILES string of the molecule is CCOP(=S)(OCC)P(=S)(OCC)OCC. The first-order chi connectivity index (χ1) is 7.49. The Morgan fingerprint density at radius 2 is 0.812 bits per heavy atom. The Morgan fingerprint density at radius 1 is 0.625 bits per heavy atom. The fourth-order valence-corrected chi connectivity index (χ4v) is 9.07. The third-order valence-corrected chi connectivity index (χ3v) is 13.7. The molecule has 98 valence electrons. The van der Waals surface area contributed by atoms with Crippen LogP contribution in [-0.4, -0.2) is 26.4 Å². The first-order valence-corrected chi connectivity index (χ1v) is 11.3. The molecule has 0 aromatic carbocycles. The Balaban J connectivity index is 5.08. The van der Waals surface area contributed by atoms with Crippen molar-refractivity contribution >= 4 is 36.0 Å². The molecule has 0 heterocycles. The van der Waals surface area contributed by atoms with Crippen molar-refractivity contribution < 1.29 is 18.1 Å². The minimum absolute atomic E-state index is 0.454. The first-order valence-electron chi connectivity index (χ1n) is 5.28.